The molecule has 0 spiro atoms. The summed E-state index contributed by atoms with van der Waals surface area (Å²) in [4.78, 5) is 11.0. The Labute approximate surface area is 74.5 Å². The molecular formula is C9H18NO2. The Morgan fingerprint density at radius 3 is 2.17 bits per heavy atom. The van der Waals surface area contributed by atoms with Crippen LogP contribution < -0.4 is 5.32 Å². The normalized spacial score (nSPS) is 11.5. The first-order chi connectivity index (χ1) is 5.31. The zero-order chi connectivity index (χ0) is 9.78. The lowest BCUT2D eigenvalue weighted by Crippen LogP contribution is -2.34. The van der Waals surface area contributed by atoms with E-state index >= 15 is 0 Å². The van der Waals surface area contributed by atoms with Crippen LogP contribution in [-0.2, 0) is 4.74 Å². The number of ether oxygens (including phenoxy) is 1. The van der Waals surface area contributed by atoms with Crippen molar-refractivity contribution in [1.82, 2.24) is 5.32 Å². The fourth-order valence-corrected chi connectivity index (χ4v) is 0.563. The molecule has 0 unspecified atom stereocenters. The van der Waals surface area contributed by atoms with Gasteiger partial charge in [-0.3, -0.25) is 0 Å². The zero-order valence-electron chi connectivity index (χ0n) is 8.52. The summed E-state index contributed by atoms with van der Waals surface area (Å²) in [5.41, 5.74) is -0.411. The smallest absolute Gasteiger partial charge is 0.407 e. The van der Waals surface area contributed by atoms with Gasteiger partial charge in [-0.1, -0.05) is 13.8 Å². The molecule has 1 amide bonds. The lowest BCUT2D eigenvalue weighted by Gasteiger charge is -2.20. The Morgan fingerprint density at radius 1 is 1.33 bits per heavy atom. The molecule has 12 heavy (non-hydrogen) atoms. The number of hydrogen-bond donors (Lipinski definition) is 1. The van der Waals surface area contributed by atoms with E-state index in [1.807, 2.05) is 34.6 Å². The number of nitrogens with one attached hydrogen (secondary N) is 1. The van der Waals surface area contributed by atoms with Crippen LogP contribution in [-0.4, -0.2) is 18.2 Å². The van der Waals surface area contributed by atoms with Crippen molar-refractivity contribution in [3.05, 3.63) is 5.92 Å². The summed E-state index contributed by atoms with van der Waals surface area (Å²) in [5.74, 6) is 1.15. The predicted octanol–water partition coefficient (Wildman–Crippen LogP) is 2.13. The van der Waals surface area contributed by atoms with Gasteiger partial charge in [0.2, 0.25) is 0 Å². The summed E-state index contributed by atoms with van der Waals surface area (Å²) in [6, 6.07) is 0. The zero-order valence-corrected chi connectivity index (χ0v) is 8.52. The van der Waals surface area contributed by atoms with Crippen LogP contribution in [0.1, 0.15) is 34.6 Å². The van der Waals surface area contributed by atoms with Gasteiger partial charge in [-0.05, 0) is 26.7 Å². The quantitative estimate of drug-likeness (QED) is 0.693. The van der Waals surface area contributed by atoms with Crippen LogP contribution in [0.2, 0.25) is 0 Å². The van der Waals surface area contributed by atoms with E-state index in [9.17, 15) is 4.79 Å². The molecule has 0 rings (SSSR count). The van der Waals surface area contributed by atoms with Crippen LogP contribution in [0, 0.1) is 5.92 Å². The molecule has 3 nitrogen and oxygen atoms in total. The van der Waals surface area contributed by atoms with Gasteiger partial charge in [-0.15, -0.1) is 0 Å². The van der Waals surface area contributed by atoms with Gasteiger partial charge in [0, 0.05) is 6.54 Å². The standard InChI is InChI=1S/C9H18NO2/c1-7(2)6-10-8(11)12-9(3,4)5/h6H2,1-5H3,(H,10,11). The SMILES string of the molecule is C[C](C)CNC(=O)OC(C)(C)C. The highest BCUT2D eigenvalue weighted by Crippen LogP contribution is 2.06. The number of hydrogen-bond acceptors (Lipinski definition) is 2. The third kappa shape index (κ3) is 7.38. The molecule has 1 N–H and O–H groups in total. The Morgan fingerprint density at radius 2 is 1.83 bits per heavy atom. The van der Waals surface area contributed by atoms with Crippen LogP contribution in [0.15, 0.2) is 0 Å². The van der Waals surface area contributed by atoms with Crippen LogP contribution >= 0.6 is 0 Å². The van der Waals surface area contributed by atoms with Gasteiger partial charge in [0.1, 0.15) is 5.60 Å². The first-order valence-electron chi connectivity index (χ1n) is 4.07. The lowest BCUT2D eigenvalue weighted by molar-refractivity contribution is 0.0530. The molecule has 1 radical (unpaired) electrons. The van der Waals surface area contributed by atoms with Crippen molar-refractivity contribution in [2.24, 2.45) is 0 Å². The van der Waals surface area contributed by atoms with E-state index < -0.39 is 5.60 Å². The van der Waals surface area contributed by atoms with Crippen molar-refractivity contribution in [3.8, 4) is 0 Å². The monoisotopic (exact) mass is 172 g/mol. The Kier molecular flexibility index (Phi) is 4.07. The second-order valence-electron chi connectivity index (χ2n) is 4.06. The van der Waals surface area contributed by atoms with E-state index in [2.05, 4.69) is 5.32 Å². The second kappa shape index (κ2) is 4.33. The minimum absolute atomic E-state index is 0.358. The molecule has 0 aromatic rings. The molecule has 3 heteroatoms. The van der Waals surface area contributed by atoms with Crippen LogP contribution in [0.4, 0.5) is 4.79 Å². The fraction of sp³-hybridized carbons (Fsp3) is 0.778. The maximum absolute atomic E-state index is 11.0. The van der Waals surface area contributed by atoms with Gasteiger partial charge < -0.3 is 10.1 Å². The van der Waals surface area contributed by atoms with Crippen molar-refractivity contribution < 1.29 is 9.53 Å². The largest absolute Gasteiger partial charge is 0.444 e. The molecule has 0 aromatic heterocycles. The van der Waals surface area contributed by atoms with Gasteiger partial charge in [-0.2, -0.15) is 0 Å². The van der Waals surface area contributed by atoms with E-state index in [1.54, 1.807) is 0 Å². The molecule has 0 fully saturated rings. The minimum Gasteiger partial charge on any atom is -0.444 e. The third-order valence-corrected chi connectivity index (χ3v) is 0.985. The summed E-state index contributed by atoms with van der Waals surface area (Å²) >= 11 is 0. The van der Waals surface area contributed by atoms with E-state index in [1.165, 1.54) is 0 Å². The van der Waals surface area contributed by atoms with Gasteiger partial charge >= 0.3 is 6.09 Å². The van der Waals surface area contributed by atoms with Crippen LogP contribution in [0.5, 0.6) is 0 Å². The van der Waals surface area contributed by atoms with Crippen molar-refractivity contribution in [1.29, 1.82) is 0 Å². The number of amides is 1. The molecule has 0 aliphatic carbocycles. The van der Waals surface area contributed by atoms with Crippen molar-refractivity contribution in [3.63, 3.8) is 0 Å². The van der Waals surface area contributed by atoms with Crippen molar-refractivity contribution in [2.45, 2.75) is 40.2 Å². The van der Waals surface area contributed by atoms with Gasteiger partial charge in [0.25, 0.3) is 0 Å². The average Bonchev–Trinajstić information content (AvgIpc) is 1.79. The minimum atomic E-state index is -0.411. The lowest BCUT2D eigenvalue weighted by atomic mass is 10.2. The van der Waals surface area contributed by atoms with E-state index in [-0.39, 0.29) is 6.09 Å². The average molecular weight is 172 g/mol. The van der Waals surface area contributed by atoms with E-state index in [4.69, 9.17) is 4.74 Å². The fourth-order valence-electron chi connectivity index (χ4n) is 0.563. The molecular weight excluding hydrogens is 154 g/mol. The summed E-state index contributed by atoms with van der Waals surface area (Å²) in [7, 11) is 0. The first-order valence-corrected chi connectivity index (χ1v) is 4.07. The summed E-state index contributed by atoms with van der Waals surface area (Å²) in [5, 5.41) is 2.64. The summed E-state index contributed by atoms with van der Waals surface area (Å²) in [6.07, 6.45) is -0.358. The Bertz CT molecular complexity index is 147. The van der Waals surface area contributed by atoms with Crippen molar-refractivity contribution >= 4 is 6.09 Å². The highest BCUT2D eigenvalue weighted by atomic mass is 16.6. The van der Waals surface area contributed by atoms with Crippen LogP contribution in [0.3, 0.4) is 0 Å². The Balaban J connectivity index is 3.61. The summed E-state index contributed by atoms with van der Waals surface area (Å²) in [6.45, 7) is 10.0. The third-order valence-electron chi connectivity index (χ3n) is 0.985. The van der Waals surface area contributed by atoms with Crippen LogP contribution in [0.25, 0.3) is 0 Å². The molecule has 0 aromatic carbocycles. The molecule has 0 aliphatic heterocycles. The van der Waals surface area contributed by atoms with E-state index in [0.717, 1.165) is 5.92 Å². The van der Waals surface area contributed by atoms with Gasteiger partial charge in [-0.25, -0.2) is 4.79 Å². The maximum atomic E-state index is 11.0. The number of alkyl carbamates (subject to hydrolysis) is 1. The number of rotatable bonds is 2. The molecule has 0 bridgehead atoms. The molecule has 0 saturated carbocycles. The van der Waals surface area contributed by atoms with Crippen molar-refractivity contribution in [2.75, 3.05) is 6.54 Å². The maximum Gasteiger partial charge on any atom is 0.407 e. The highest BCUT2D eigenvalue weighted by Gasteiger charge is 2.15. The number of carbonyl (C=O) groups is 1. The number of carbonyl (C=O) groups excluding carboxylic acids is 1. The second-order valence-corrected chi connectivity index (χ2v) is 4.06. The van der Waals surface area contributed by atoms with E-state index in [0.29, 0.717) is 6.54 Å². The van der Waals surface area contributed by atoms with Gasteiger partial charge in [0.15, 0.2) is 0 Å². The molecule has 71 valence electrons. The highest BCUT2D eigenvalue weighted by molar-refractivity contribution is 5.67. The first kappa shape index (κ1) is 11.3. The molecule has 0 aliphatic rings. The predicted molar refractivity (Wildman–Crippen MR) is 48.8 cm³/mol. The topological polar surface area (TPSA) is 38.3 Å². The van der Waals surface area contributed by atoms with Gasteiger partial charge in [0.05, 0.1) is 0 Å². The molecule has 0 heterocycles. The summed E-state index contributed by atoms with van der Waals surface area (Å²) < 4.78 is 5.02. The molecule has 0 saturated heterocycles. The Hall–Kier alpha value is -0.730. The molecule has 0 atom stereocenters.